The predicted molar refractivity (Wildman–Crippen MR) is 57.6 cm³/mol. The Labute approximate surface area is 82.9 Å². The molecule has 0 aromatic heterocycles. The molecule has 0 rings (SSSR count). The second-order valence-corrected chi connectivity index (χ2v) is 4.38. The molecule has 0 N–H and O–H groups in total. The van der Waals surface area contributed by atoms with Crippen LogP contribution in [-0.2, 0) is 4.74 Å². The van der Waals surface area contributed by atoms with E-state index in [0.29, 0.717) is 0 Å². The molecule has 0 aliphatic rings. The van der Waals surface area contributed by atoms with Crippen molar-refractivity contribution >= 4 is 0 Å². The highest BCUT2D eigenvalue weighted by Gasteiger charge is 2.16. The van der Waals surface area contributed by atoms with Crippen molar-refractivity contribution in [3.63, 3.8) is 0 Å². The monoisotopic (exact) mass is 182 g/mol. The van der Waals surface area contributed by atoms with Crippen molar-refractivity contribution in [3.05, 3.63) is 0 Å². The van der Waals surface area contributed by atoms with Crippen LogP contribution in [0.15, 0.2) is 0 Å². The molecule has 0 heterocycles. The van der Waals surface area contributed by atoms with E-state index in [1.165, 1.54) is 19.3 Å². The van der Waals surface area contributed by atoms with E-state index in [1.54, 1.807) is 0 Å². The second kappa shape index (κ2) is 6.05. The lowest BCUT2D eigenvalue weighted by atomic mass is 10.1. The molecule has 1 nitrogen and oxygen atoms in total. The van der Waals surface area contributed by atoms with Gasteiger partial charge in [-0.05, 0) is 33.6 Å². The van der Waals surface area contributed by atoms with Crippen LogP contribution >= 0.6 is 0 Å². The summed E-state index contributed by atoms with van der Waals surface area (Å²) in [6, 6.07) is 0. The van der Waals surface area contributed by atoms with Crippen LogP contribution in [0, 0.1) is 12.3 Å². The maximum atomic E-state index is 5.70. The molecule has 0 radical (unpaired) electrons. The van der Waals surface area contributed by atoms with Gasteiger partial charge in [-0.2, -0.15) is 0 Å². The van der Waals surface area contributed by atoms with Gasteiger partial charge in [0, 0.05) is 0 Å². The van der Waals surface area contributed by atoms with Crippen LogP contribution in [0.5, 0.6) is 0 Å². The molecular weight excluding hydrogens is 160 g/mol. The van der Waals surface area contributed by atoms with Crippen molar-refractivity contribution in [2.45, 2.75) is 65.1 Å². The Balaban J connectivity index is 3.72. The van der Waals surface area contributed by atoms with Gasteiger partial charge in [-0.15, -0.1) is 6.42 Å². The van der Waals surface area contributed by atoms with E-state index in [1.807, 2.05) is 20.8 Å². The first-order valence-electron chi connectivity index (χ1n) is 5.13. The maximum absolute atomic E-state index is 5.70. The number of hydrogen-bond acceptors (Lipinski definition) is 1. The summed E-state index contributed by atoms with van der Waals surface area (Å²) in [5.74, 6) is 2.70. The molecule has 0 unspecified atom stereocenters. The molecule has 0 fully saturated rings. The van der Waals surface area contributed by atoms with Gasteiger partial charge in [0.25, 0.3) is 0 Å². The van der Waals surface area contributed by atoms with Gasteiger partial charge < -0.3 is 4.74 Å². The summed E-state index contributed by atoms with van der Waals surface area (Å²) in [7, 11) is 0. The molecule has 0 bridgehead atoms. The first-order valence-corrected chi connectivity index (χ1v) is 5.13. The number of hydrogen-bond donors (Lipinski definition) is 0. The van der Waals surface area contributed by atoms with Crippen LogP contribution in [0.2, 0.25) is 0 Å². The number of rotatable bonds is 5. The Morgan fingerprint density at radius 2 is 1.92 bits per heavy atom. The Hall–Kier alpha value is -0.480. The summed E-state index contributed by atoms with van der Waals surface area (Å²) in [5.41, 5.74) is -0.122. The largest absolute Gasteiger partial charge is 0.360 e. The zero-order valence-electron chi connectivity index (χ0n) is 9.39. The van der Waals surface area contributed by atoms with Crippen molar-refractivity contribution in [1.82, 2.24) is 0 Å². The summed E-state index contributed by atoms with van der Waals surface area (Å²) < 4.78 is 5.70. The number of terminal acetylenes is 1. The van der Waals surface area contributed by atoms with Crippen LogP contribution in [0.3, 0.4) is 0 Å². The average Bonchev–Trinajstić information content (AvgIpc) is 2.01. The van der Waals surface area contributed by atoms with Gasteiger partial charge in [0.15, 0.2) is 0 Å². The van der Waals surface area contributed by atoms with E-state index in [9.17, 15) is 0 Å². The maximum Gasteiger partial charge on any atom is 0.118 e. The molecule has 0 aliphatic heterocycles. The highest BCUT2D eigenvalue weighted by molar-refractivity contribution is 4.95. The van der Waals surface area contributed by atoms with Crippen LogP contribution in [0.1, 0.15) is 53.4 Å². The smallest absolute Gasteiger partial charge is 0.118 e. The SMILES string of the molecule is C#C[C@H](CCCCC)OC(C)(C)C. The fourth-order valence-electron chi connectivity index (χ4n) is 1.18. The summed E-state index contributed by atoms with van der Waals surface area (Å²) in [6.07, 6.45) is 10.0. The Morgan fingerprint density at radius 1 is 1.31 bits per heavy atom. The van der Waals surface area contributed by atoms with Gasteiger partial charge >= 0.3 is 0 Å². The minimum absolute atomic E-state index is 0.00782. The molecule has 13 heavy (non-hydrogen) atoms. The molecule has 1 atom stereocenters. The predicted octanol–water partition coefficient (Wildman–Crippen LogP) is 3.38. The highest BCUT2D eigenvalue weighted by Crippen LogP contribution is 2.14. The van der Waals surface area contributed by atoms with Crippen LogP contribution in [-0.4, -0.2) is 11.7 Å². The van der Waals surface area contributed by atoms with E-state index in [4.69, 9.17) is 11.2 Å². The van der Waals surface area contributed by atoms with E-state index < -0.39 is 0 Å². The van der Waals surface area contributed by atoms with Gasteiger partial charge in [-0.3, -0.25) is 0 Å². The fourth-order valence-corrected chi connectivity index (χ4v) is 1.18. The van der Waals surface area contributed by atoms with E-state index in [2.05, 4.69) is 12.8 Å². The summed E-state index contributed by atoms with van der Waals surface area (Å²) in [6.45, 7) is 8.31. The number of unbranched alkanes of at least 4 members (excludes halogenated alkanes) is 2. The van der Waals surface area contributed by atoms with Gasteiger partial charge in [0.05, 0.1) is 5.60 Å². The Bertz CT molecular complexity index is 159. The van der Waals surface area contributed by atoms with E-state index >= 15 is 0 Å². The molecule has 0 aliphatic carbocycles. The summed E-state index contributed by atoms with van der Waals surface area (Å²) >= 11 is 0. The molecule has 0 aromatic carbocycles. The highest BCUT2D eigenvalue weighted by atomic mass is 16.5. The fraction of sp³-hybridized carbons (Fsp3) is 0.833. The number of ether oxygens (including phenoxy) is 1. The van der Waals surface area contributed by atoms with Crippen LogP contribution in [0.25, 0.3) is 0 Å². The zero-order valence-corrected chi connectivity index (χ0v) is 9.39. The van der Waals surface area contributed by atoms with Crippen molar-refractivity contribution in [2.75, 3.05) is 0 Å². The van der Waals surface area contributed by atoms with Gasteiger partial charge in [0.2, 0.25) is 0 Å². The normalized spacial score (nSPS) is 13.8. The molecule has 1 heteroatoms. The lowest BCUT2D eigenvalue weighted by Gasteiger charge is -2.24. The van der Waals surface area contributed by atoms with E-state index in [-0.39, 0.29) is 11.7 Å². The summed E-state index contributed by atoms with van der Waals surface area (Å²) in [4.78, 5) is 0. The van der Waals surface area contributed by atoms with Crippen molar-refractivity contribution in [1.29, 1.82) is 0 Å². The van der Waals surface area contributed by atoms with Crippen molar-refractivity contribution in [3.8, 4) is 12.3 Å². The van der Waals surface area contributed by atoms with Crippen molar-refractivity contribution < 1.29 is 4.74 Å². The van der Waals surface area contributed by atoms with Gasteiger partial charge in [-0.25, -0.2) is 0 Å². The first-order chi connectivity index (χ1) is 5.99. The third kappa shape index (κ3) is 7.87. The van der Waals surface area contributed by atoms with Gasteiger partial charge in [-0.1, -0.05) is 25.7 Å². The first kappa shape index (κ1) is 12.5. The summed E-state index contributed by atoms with van der Waals surface area (Å²) in [5, 5.41) is 0. The lowest BCUT2D eigenvalue weighted by Crippen LogP contribution is -2.26. The zero-order chi connectivity index (χ0) is 10.3. The van der Waals surface area contributed by atoms with Crippen molar-refractivity contribution in [2.24, 2.45) is 0 Å². The Morgan fingerprint density at radius 3 is 2.31 bits per heavy atom. The molecule has 76 valence electrons. The average molecular weight is 182 g/mol. The minimum Gasteiger partial charge on any atom is -0.360 e. The molecule has 0 spiro atoms. The minimum atomic E-state index is -0.122. The Kier molecular flexibility index (Phi) is 5.82. The van der Waals surface area contributed by atoms with Crippen LogP contribution in [0.4, 0.5) is 0 Å². The third-order valence-electron chi connectivity index (χ3n) is 1.75. The molecule has 0 saturated heterocycles. The topological polar surface area (TPSA) is 9.23 Å². The van der Waals surface area contributed by atoms with Gasteiger partial charge in [0.1, 0.15) is 6.10 Å². The molecular formula is C12H22O. The molecule has 0 saturated carbocycles. The second-order valence-electron chi connectivity index (χ2n) is 4.38. The van der Waals surface area contributed by atoms with E-state index in [0.717, 1.165) is 6.42 Å². The standard InChI is InChI=1S/C12H22O/c1-6-8-9-10-11(7-2)13-12(3,4)5/h2,11H,6,8-10H2,1,3-5H3/t11-/m1/s1. The van der Waals surface area contributed by atoms with Crippen LogP contribution < -0.4 is 0 Å². The quantitative estimate of drug-likeness (QED) is 0.468. The third-order valence-corrected chi connectivity index (χ3v) is 1.75. The lowest BCUT2D eigenvalue weighted by molar-refractivity contribution is -0.0373. The molecule has 0 aromatic rings. The molecule has 0 amide bonds.